The maximum absolute atomic E-state index is 5.80. The molecule has 1 aromatic carbocycles. The molecular formula is C23H34N8. The number of nitrogen functional groups attached to an aromatic ring is 1. The third kappa shape index (κ3) is 5.83. The van der Waals surface area contributed by atoms with Crippen molar-refractivity contribution in [1.82, 2.24) is 15.0 Å². The second-order valence-electron chi connectivity index (χ2n) is 8.49. The summed E-state index contributed by atoms with van der Waals surface area (Å²) in [5.41, 5.74) is 11.5. The van der Waals surface area contributed by atoms with E-state index in [9.17, 15) is 0 Å². The van der Waals surface area contributed by atoms with Gasteiger partial charge in [-0.1, -0.05) is 37.8 Å². The van der Waals surface area contributed by atoms with Crippen molar-refractivity contribution >= 4 is 29.2 Å². The summed E-state index contributed by atoms with van der Waals surface area (Å²) in [4.78, 5) is 19.0. The largest absolute Gasteiger partial charge is 0.399 e. The Morgan fingerprint density at radius 1 is 0.774 bits per heavy atom. The maximum Gasteiger partial charge on any atom is 0.250 e. The van der Waals surface area contributed by atoms with Crippen LogP contribution >= 0.6 is 0 Å². The summed E-state index contributed by atoms with van der Waals surface area (Å²) in [6.07, 6.45) is 9.83. The van der Waals surface area contributed by atoms with Crippen LogP contribution in [0.5, 0.6) is 0 Å². The second-order valence-corrected chi connectivity index (χ2v) is 8.49. The molecule has 2 saturated heterocycles. The number of rotatable bonds is 5. The normalized spacial score (nSPS) is 18.4. The summed E-state index contributed by atoms with van der Waals surface area (Å²) in [7, 11) is 0. The molecule has 0 atom stereocenters. The van der Waals surface area contributed by atoms with Gasteiger partial charge in [0.1, 0.15) is 0 Å². The molecule has 0 amide bonds. The maximum atomic E-state index is 5.80. The summed E-state index contributed by atoms with van der Waals surface area (Å²) < 4.78 is 0. The third-order valence-electron chi connectivity index (χ3n) is 6.04. The summed E-state index contributed by atoms with van der Waals surface area (Å²) >= 11 is 0. The minimum atomic E-state index is 0.503. The summed E-state index contributed by atoms with van der Waals surface area (Å²) in [6, 6.07) is 7.70. The van der Waals surface area contributed by atoms with Crippen molar-refractivity contribution in [2.24, 2.45) is 5.10 Å². The van der Waals surface area contributed by atoms with Crippen molar-refractivity contribution in [3.63, 3.8) is 0 Å². The van der Waals surface area contributed by atoms with E-state index in [1.807, 2.05) is 31.2 Å². The topological polar surface area (TPSA) is 95.6 Å². The van der Waals surface area contributed by atoms with E-state index in [1.54, 1.807) is 0 Å². The van der Waals surface area contributed by atoms with Gasteiger partial charge < -0.3 is 15.5 Å². The van der Waals surface area contributed by atoms with Crippen molar-refractivity contribution in [2.75, 3.05) is 47.1 Å². The number of benzene rings is 1. The van der Waals surface area contributed by atoms with Crippen LogP contribution in [0, 0.1) is 0 Å². The van der Waals surface area contributed by atoms with Crippen LogP contribution in [-0.4, -0.2) is 46.8 Å². The molecule has 0 radical (unpaired) electrons. The van der Waals surface area contributed by atoms with E-state index in [4.69, 9.17) is 20.7 Å². The van der Waals surface area contributed by atoms with Crippen molar-refractivity contribution < 1.29 is 0 Å². The fourth-order valence-corrected chi connectivity index (χ4v) is 4.15. The van der Waals surface area contributed by atoms with E-state index in [0.717, 1.165) is 55.0 Å². The van der Waals surface area contributed by atoms with E-state index in [0.29, 0.717) is 5.95 Å². The zero-order valence-electron chi connectivity index (χ0n) is 18.6. The fraction of sp³-hybridized carbons (Fsp3) is 0.565. The molecule has 8 heteroatoms. The van der Waals surface area contributed by atoms with Crippen molar-refractivity contribution in [3.05, 3.63) is 29.8 Å². The highest BCUT2D eigenvalue weighted by molar-refractivity contribution is 5.99. The number of hydrogen-bond acceptors (Lipinski definition) is 8. The Balaban J connectivity index is 1.60. The van der Waals surface area contributed by atoms with Crippen LogP contribution in [0.3, 0.4) is 0 Å². The van der Waals surface area contributed by atoms with E-state index >= 15 is 0 Å². The van der Waals surface area contributed by atoms with Crippen LogP contribution in [0.15, 0.2) is 29.4 Å². The molecule has 2 aromatic rings. The zero-order valence-corrected chi connectivity index (χ0v) is 18.6. The molecule has 2 aliphatic heterocycles. The quantitative estimate of drug-likeness (QED) is 0.426. The van der Waals surface area contributed by atoms with Gasteiger partial charge in [-0.25, -0.2) is 5.43 Å². The number of nitrogens with one attached hydrogen (secondary N) is 1. The Kier molecular flexibility index (Phi) is 7.17. The summed E-state index contributed by atoms with van der Waals surface area (Å²) in [5.74, 6) is 2.03. The van der Waals surface area contributed by atoms with Gasteiger partial charge in [0.2, 0.25) is 17.8 Å². The molecular weight excluding hydrogens is 388 g/mol. The first-order valence-electron chi connectivity index (χ1n) is 11.6. The minimum absolute atomic E-state index is 0.503. The Bertz CT molecular complexity index is 825. The third-order valence-corrected chi connectivity index (χ3v) is 6.04. The first-order valence-corrected chi connectivity index (χ1v) is 11.6. The second kappa shape index (κ2) is 10.4. The Morgan fingerprint density at radius 3 is 1.74 bits per heavy atom. The van der Waals surface area contributed by atoms with E-state index in [-0.39, 0.29) is 0 Å². The highest BCUT2D eigenvalue weighted by Crippen LogP contribution is 2.22. The monoisotopic (exact) mass is 422 g/mol. The zero-order chi connectivity index (χ0) is 21.5. The first-order chi connectivity index (χ1) is 15.2. The number of nitrogens with two attached hydrogens (primary N) is 1. The van der Waals surface area contributed by atoms with Gasteiger partial charge in [0.05, 0.1) is 5.71 Å². The average molecular weight is 423 g/mol. The molecule has 0 unspecified atom stereocenters. The Labute approximate surface area is 185 Å². The lowest BCUT2D eigenvalue weighted by Gasteiger charge is -2.24. The van der Waals surface area contributed by atoms with Gasteiger partial charge in [0.25, 0.3) is 0 Å². The van der Waals surface area contributed by atoms with Crippen LogP contribution < -0.4 is 21.0 Å². The molecule has 8 nitrogen and oxygen atoms in total. The molecule has 2 fully saturated rings. The molecule has 31 heavy (non-hydrogen) atoms. The molecule has 1 aromatic heterocycles. The highest BCUT2D eigenvalue weighted by atomic mass is 15.4. The Hall–Kier alpha value is -2.90. The van der Waals surface area contributed by atoms with Gasteiger partial charge in [-0.3, -0.25) is 0 Å². The fourth-order valence-electron chi connectivity index (χ4n) is 4.15. The number of anilines is 4. The van der Waals surface area contributed by atoms with Crippen molar-refractivity contribution in [2.45, 2.75) is 58.3 Å². The lowest BCUT2D eigenvalue weighted by molar-refractivity contribution is 0.726. The molecule has 0 saturated carbocycles. The lowest BCUT2D eigenvalue weighted by atomic mass is 10.1. The molecule has 3 heterocycles. The molecule has 3 N–H and O–H groups in total. The molecule has 0 bridgehead atoms. The minimum Gasteiger partial charge on any atom is -0.399 e. The SMILES string of the molecule is C/C(=N/Nc1nc(N2CCCCCC2)nc(N2CCCCCC2)n1)c1ccc(N)cc1. The van der Waals surface area contributed by atoms with Crippen LogP contribution in [0.2, 0.25) is 0 Å². The van der Waals surface area contributed by atoms with Crippen molar-refractivity contribution in [3.8, 4) is 0 Å². The van der Waals surface area contributed by atoms with Crippen molar-refractivity contribution in [1.29, 1.82) is 0 Å². The van der Waals surface area contributed by atoms with Crippen LogP contribution in [0.4, 0.5) is 23.5 Å². The first kappa shape index (κ1) is 21.3. The highest BCUT2D eigenvalue weighted by Gasteiger charge is 2.19. The smallest absolute Gasteiger partial charge is 0.250 e. The average Bonchev–Trinajstić information content (AvgIpc) is 3.23. The predicted molar refractivity (Wildman–Crippen MR) is 128 cm³/mol. The lowest BCUT2D eigenvalue weighted by Crippen LogP contribution is -2.30. The van der Waals surface area contributed by atoms with Gasteiger partial charge in [-0.2, -0.15) is 20.1 Å². The predicted octanol–water partition coefficient (Wildman–Crippen LogP) is 4.05. The van der Waals surface area contributed by atoms with E-state index in [2.05, 4.69) is 20.3 Å². The van der Waals surface area contributed by atoms with Crippen LogP contribution in [0.25, 0.3) is 0 Å². The van der Waals surface area contributed by atoms with Gasteiger partial charge in [0.15, 0.2) is 0 Å². The number of hydrazone groups is 1. The molecule has 0 spiro atoms. The molecule has 166 valence electrons. The number of aromatic nitrogens is 3. The Morgan fingerprint density at radius 2 is 1.26 bits per heavy atom. The van der Waals surface area contributed by atoms with Gasteiger partial charge in [-0.05, 0) is 50.3 Å². The molecule has 2 aliphatic rings. The summed E-state index contributed by atoms with van der Waals surface area (Å²) in [6.45, 7) is 5.95. The number of hydrogen-bond donors (Lipinski definition) is 2. The summed E-state index contributed by atoms with van der Waals surface area (Å²) in [5, 5.41) is 4.54. The van der Waals surface area contributed by atoms with E-state index in [1.165, 1.54) is 51.4 Å². The van der Waals surface area contributed by atoms with Gasteiger partial charge in [-0.15, -0.1) is 0 Å². The van der Waals surface area contributed by atoms with Crippen LogP contribution in [0.1, 0.15) is 63.9 Å². The molecule has 0 aliphatic carbocycles. The number of nitrogens with zero attached hydrogens (tertiary/aromatic N) is 6. The van der Waals surface area contributed by atoms with Crippen LogP contribution in [-0.2, 0) is 0 Å². The van der Waals surface area contributed by atoms with Gasteiger partial charge >= 0.3 is 0 Å². The van der Waals surface area contributed by atoms with Gasteiger partial charge in [0, 0.05) is 31.9 Å². The molecule has 4 rings (SSSR count). The van der Waals surface area contributed by atoms with E-state index < -0.39 is 0 Å². The standard InChI is InChI=1S/C23H34N8/c1-18(19-10-12-20(24)13-11-19)28-29-21-25-22(30-14-6-2-3-7-15-30)27-23(26-21)31-16-8-4-5-9-17-31/h10-13H,2-9,14-17,24H2,1H3,(H,25,26,27,29)/b28-18-.